The lowest BCUT2D eigenvalue weighted by Gasteiger charge is -2.09. The molecule has 0 spiro atoms. The maximum absolute atomic E-state index is 13.9. The van der Waals surface area contributed by atoms with Gasteiger partial charge in [-0.3, -0.25) is 0 Å². The van der Waals surface area contributed by atoms with E-state index in [0.717, 1.165) is 5.56 Å². The molecule has 0 unspecified atom stereocenters. The molecule has 0 bridgehead atoms. The Bertz CT molecular complexity index is 640. The van der Waals surface area contributed by atoms with Gasteiger partial charge in [-0.2, -0.15) is 5.26 Å². The molecule has 0 saturated heterocycles. The molecule has 102 valence electrons. The van der Waals surface area contributed by atoms with Crippen LogP contribution in [0.2, 0.25) is 0 Å². The molecule has 0 atom stereocenters. The van der Waals surface area contributed by atoms with E-state index in [0.29, 0.717) is 22.6 Å². The first-order valence-corrected chi connectivity index (χ1v) is 6.06. The van der Waals surface area contributed by atoms with Gasteiger partial charge in [-0.1, -0.05) is 12.1 Å². The average molecular weight is 271 g/mol. The summed E-state index contributed by atoms with van der Waals surface area (Å²) >= 11 is 0. The van der Waals surface area contributed by atoms with Gasteiger partial charge in [0.15, 0.2) is 0 Å². The number of methoxy groups -OCH3 is 2. The summed E-state index contributed by atoms with van der Waals surface area (Å²) in [5.41, 5.74) is 1.90. The van der Waals surface area contributed by atoms with Gasteiger partial charge in [-0.05, 0) is 29.3 Å². The summed E-state index contributed by atoms with van der Waals surface area (Å²) in [6.45, 7) is 0. The van der Waals surface area contributed by atoms with E-state index in [4.69, 9.17) is 14.7 Å². The Morgan fingerprint density at radius 2 is 1.65 bits per heavy atom. The smallest absolute Gasteiger partial charge is 0.128 e. The minimum absolute atomic E-state index is 0.0630. The second-order valence-corrected chi connectivity index (χ2v) is 4.24. The third-order valence-corrected chi connectivity index (χ3v) is 3.01. The Balaban J connectivity index is 2.46. The summed E-state index contributed by atoms with van der Waals surface area (Å²) in [7, 11) is 3.13. The fourth-order valence-corrected chi connectivity index (χ4v) is 1.93. The number of benzene rings is 2. The largest absolute Gasteiger partial charge is 0.497 e. The van der Waals surface area contributed by atoms with Crippen molar-refractivity contribution in [3.63, 3.8) is 0 Å². The fourth-order valence-electron chi connectivity index (χ4n) is 1.93. The van der Waals surface area contributed by atoms with E-state index in [9.17, 15) is 4.39 Å². The van der Waals surface area contributed by atoms with Crippen LogP contribution in [0.4, 0.5) is 4.39 Å². The fraction of sp³-hybridized carbons (Fsp3) is 0.188. The third kappa shape index (κ3) is 2.89. The minimum Gasteiger partial charge on any atom is -0.497 e. The molecule has 2 aromatic rings. The Morgan fingerprint density at radius 1 is 1.00 bits per heavy atom. The van der Waals surface area contributed by atoms with Crippen LogP contribution in [0.25, 0.3) is 11.1 Å². The molecule has 0 aromatic heterocycles. The first-order chi connectivity index (χ1) is 9.67. The zero-order valence-corrected chi connectivity index (χ0v) is 11.3. The van der Waals surface area contributed by atoms with Gasteiger partial charge in [0.05, 0.1) is 26.7 Å². The standard InChI is InChI=1S/C16H14FNO2/c1-19-14-7-13(8-15(10-14)20-2)12-4-3-11(5-6-18)16(17)9-12/h3-4,7-10H,5H2,1-2H3. The van der Waals surface area contributed by atoms with Crippen molar-refractivity contribution in [1.82, 2.24) is 0 Å². The van der Waals surface area contributed by atoms with Gasteiger partial charge in [-0.15, -0.1) is 0 Å². The number of ether oxygens (including phenoxy) is 2. The van der Waals surface area contributed by atoms with Crippen LogP contribution in [-0.2, 0) is 6.42 Å². The third-order valence-electron chi connectivity index (χ3n) is 3.01. The zero-order valence-electron chi connectivity index (χ0n) is 11.3. The van der Waals surface area contributed by atoms with Crippen molar-refractivity contribution in [2.24, 2.45) is 0 Å². The highest BCUT2D eigenvalue weighted by Crippen LogP contribution is 2.30. The summed E-state index contributed by atoms with van der Waals surface area (Å²) in [4.78, 5) is 0. The molecule has 0 radical (unpaired) electrons. The number of rotatable bonds is 4. The van der Waals surface area contributed by atoms with Crippen molar-refractivity contribution < 1.29 is 13.9 Å². The van der Waals surface area contributed by atoms with Crippen LogP contribution in [-0.4, -0.2) is 14.2 Å². The highest BCUT2D eigenvalue weighted by atomic mass is 19.1. The molecular weight excluding hydrogens is 257 g/mol. The van der Waals surface area contributed by atoms with E-state index in [1.165, 1.54) is 6.07 Å². The van der Waals surface area contributed by atoms with Gasteiger partial charge in [0.25, 0.3) is 0 Å². The molecule has 0 heterocycles. The normalized spacial score (nSPS) is 9.90. The van der Waals surface area contributed by atoms with E-state index in [-0.39, 0.29) is 12.2 Å². The number of nitrogens with zero attached hydrogens (tertiary/aromatic N) is 1. The molecule has 0 fully saturated rings. The Kier molecular flexibility index (Phi) is 4.21. The van der Waals surface area contributed by atoms with E-state index in [2.05, 4.69) is 0 Å². The quantitative estimate of drug-likeness (QED) is 0.853. The summed E-state index contributed by atoms with van der Waals surface area (Å²) in [5.74, 6) is 0.896. The Morgan fingerprint density at radius 3 is 2.15 bits per heavy atom. The highest BCUT2D eigenvalue weighted by molar-refractivity contribution is 5.67. The first-order valence-electron chi connectivity index (χ1n) is 6.06. The predicted molar refractivity (Wildman–Crippen MR) is 74.3 cm³/mol. The summed E-state index contributed by atoms with van der Waals surface area (Å²) in [6, 6.07) is 12.1. The Labute approximate surface area is 117 Å². The number of nitriles is 1. The molecule has 2 aromatic carbocycles. The van der Waals surface area contributed by atoms with Crippen LogP contribution in [0, 0.1) is 17.1 Å². The molecule has 20 heavy (non-hydrogen) atoms. The zero-order chi connectivity index (χ0) is 14.5. The lowest BCUT2D eigenvalue weighted by molar-refractivity contribution is 0.394. The maximum atomic E-state index is 13.9. The van der Waals surface area contributed by atoms with Crippen molar-refractivity contribution in [3.8, 4) is 28.7 Å². The molecule has 0 N–H and O–H groups in total. The summed E-state index contributed by atoms with van der Waals surface area (Å²) < 4.78 is 24.3. The number of hydrogen-bond acceptors (Lipinski definition) is 3. The van der Waals surface area contributed by atoms with Gasteiger partial charge in [0.1, 0.15) is 17.3 Å². The molecule has 4 heteroatoms. The highest BCUT2D eigenvalue weighted by Gasteiger charge is 2.08. The van der Waals surface area contributed by atoms with E-state index < -0.39 is 0 Å². The van der Waals surface area contributed by atoms with Crippen LogP contribution < -0.4 is 9.47 Å². The van der Waals surface area contributed by atoms with Gasteiger partial charge >= 0.3 is 0 Å². The van der Waals surface area contributed by atoms with Crippen LogP contribution in [0.15, 0.2) is 36.4 Å². The summed E-state index contributed by atoms with van der Waals surface area (Å²) in [6.07, 6.45) is 0.0630. The number of hydrogen-bond donors (Lipinski definition) is 0. The maximum Gasteiger partial charge on any atom is 0.128 e. The first kappa shape index (κ1) is 13.9. The lowest BCUT2D eigenvalue weighted by Crippen LogP contribution is -1.92. The molecule has 0 saturated carbocycles. The molecule has 0 aliphatic heterocycles. The van der Waals surface area contributed by atoms with Crippen LogP contribution in [0.5, 0.6) is 11.5 Å². The van der Waals surface area contributed by atoms with E-state index >= 15 is 0 Å². The van der Waals surface area contributed by atoms with Gasteiger partial charge in [0.2, 0.25) is 0 Å². The van der Waals surface area contributed by atoms with Crippen molar-refractivity contribution in [1.29, 1.82) is 5.26 Å². The second kappa shape index (κ2) is 6.07. The van der Waals surface area contributed by atoms with E-state index in [1.54, 1.807) is 44.6 Å². The second-order valence-electron chi connectivity index (χ2n) is 4.24. The lowest BCUT2D eigenvalue weighted by atomic mass is 10.0. The average Bonchev–Trinajstić information content (AvgIpc) is 2.48. The molecule has 2 rings (SSSR count). The van der Waals surface area contributed by atoms with Crippen LogP contribution in [0.1, 0.15) is 5.56 Å². The van der Waals surface area contributed by atoms with Gasteiger partial charge in [0, 0.05) is 11.6 Å². The van der Waals surface area contributed by atoms with Crippen LogP contribution in [0.3, 0.4) is 0 Å². The van der Waals surface area contributed by atoms with E-state index in [1.807, 2.05) is 6.07 Å². The molecule has 0 amide bonds. The molecular formula is C16H14FNO2. The topological polar surface area (TPSA) is 42.2 Å². The SMILES string of the molecule is COc1cc(OC)cc(-c2ccc(CC#N)c(F)c2)c1. The minimum atomic E-state index is -0.383. The van der Waals surface area contributed by atoms with Crippen molar-refractivity contribution in [2.45, 2.75) is 6.42 Å². The molecule has 0 aliphatic carbocycles. The van der Waals surface area contributed by atoms with Crippen molar-refractivity contribution in [3.05, 3.63) is 47.8 Å². The Hall–Kier alpha value is -2.54. The predicted octanol–water partition coefficient (Wildman–Crippen LogP) is 3.58. The van der Waals surface area contributed by atoms with Crippen molar-refractivity contribution >= 4 is 0 Å². The van der Waals surface area contributed by atoms with Gasteiger partial charge < -0.3 is 9.47 Å². The van der Waals surface area contributed by atoms with Crippen molar-refractivity contribution in [2.75, 3.05) is 14.2 Å². The van der Waals surface area contributed by atoms with Crippen LogP contribution >= 0.6 is 0 Å². The molecule has 0 aliphatic rings. The monoisotopic (exact) mass is 271 g/mol. The summed E-state index contributed by atoms with van der Waals surface area (Å²) in [5, 5.41) is 8.62. The number of halogens is 1. The molecule has 3 nitrogen and oxygen atoms in total. The van der Waals surface area contributed by atoms with Gasteiger partial charge in [-0.25, -0.2) is 4.39 Å².